The zero-order valence-electron chi connectivity index (χ0n) is 18.1. The number of nitrogens with one attached hydrogen (secondary N) is 2. The minimum absolute atomic E-state index is 0.0813. The summed E-state index contributed by atoms with van der Waals surface area (Å²) in [5.41, 5.74) is 3.95. The molecule has 0 aliphatic heterocycles. The van der Waals surface area contributed by atoms with Crippen LogP contribution >= 0.6 is 0 Å². The molecule has 4 aromatic rings. The molecule has 0 aliphatic carbocycles. The molecule has 168 valence electrons. The van der Waals surface area contributed by atoms with Crippen LogP contribution in [0.15, 0.2) is 91.1 Å². The zero-order valence-corrected chi connectivity index (χ0v) is 18.9. The Labute approximate surface area is 193 Å². The predicted octanol–water partition coefficient (Wildman–Crippen LogP) is 4.23. The number of hydrogen-bond acceptors (Lipinski definition) is 4. The van der Waals surface area contributed by atoms with Crippen LogP contribution < -0.4 is 10.0 Å². The Bertz CT molecular complexity index is 1350. The van der Waals surface area contributed by atoms with Crippen molar-refractivity contribution in [3.8, 4) is 16.9 Å². The number of nitrogens with zero attached hydrogens (tertiary/aromatic N) is 2. The van der Waals surface area contributed by atoms with Crippen molar-refractivity contribution >= 4 is 21.6 Å². The van der Waals surface area contributed by atoms with Crippen molar-refractivity contribution in [2.45, 2.75) is 13.5 Å². The van der Waals surface area contributed by atoms with Gasteiger partial charge in [-0.1, -0.05) is 60.7 Å². The van der Waals surface area contributed by atoms with Crippen LogP contribution in [0.4, 0.5) is 5.69 Å². The van der Waals surface area contributed by atoms with Crippen LogP contribution in [-0.2, 0) is 16.6 Å². The number of carbonyl (C=O) groups excluding carboxylic acids is 1. The van der Waals surface area contributed by atoms with Gasteiger partial charge >= 0.3 is 0 Å². The Morgan fingerprint density at radius 1 is 0.909 bits per heavy atom. The van der Waals surface area contributed by atoms with Crippen LogP contribution in [0, 0.1) is 0 Å². The fourth-order valence-electron chi connectivity index (χ4n) is 3.37. The molecular formula is C25H24N4O3S. The van der Waals surface area contributed by atoms with E-state index in [0.29, 0.717) is 0 Å². The first-order valence-electron chi connectivity index (χ1n) is 10.5. The Balaban J connectivity index is 1.61. The van der Waals surface area contributed by atoms with Crippen molar-refractivity contribution in [3.05, 3.63) is 102 Å². The topological polar surface area (TPSA) is 93.1 Å². The fraction of sp³-hybridized carbons (Fsp3) is 0.120. The number of rotatable bonds is 8. The van der Waals surface area contributed by atoms with Crippen LogP contribution in [-0.4, -0.2) is 29.9 Å². The second kappa shape index (κ2) is 9.70. The van der Waals surface area contributed by atoms with Gasteiger partial charge in [-0.25, -0.2) is 13.1 Å². The summed E-state index contributed by atoms with van der Waals surface area (Å²) in [6.45, 7) is 1.77. The van der Waals surface area contributed by atoms with Gasteiger partial charge in [0, 0.05) is 23.9 Å². The summed E-state index contributed by atoms with van der Waals surface area (Å²) >= 11 is 0. The average molecular weight is 461 g/mol. The maximum Gasteiger partial charge on any atom is 0.253 e. The fourth-order valence-corrected chi connectivity index (χ4v) is 4.03. The molecule has 0 unspecified atom stereocenters. The number of para-hydroxylation sites is 2. The molecule has 0 spiro atoms. The molecule has 0 atom stereocenters. The minimum Gasteiger partial charge on any atom is -0.348 e. The van der Waals surface area contributed by atoms with Gasteiger partial charge in [0.2, 0.25) is 10.0 Å². The summed E-state index contributed by atoms with van der Waals surface area (Å²) in [5.74, 6) is -0.460. The molecular weight excluding hydrogens is 436 g/mol. The van der Waals surface area contributed by atoms with E-state index in [1.165, 1.54) is 0 Å². The summed E-state index contributed by atoms with van der Waals surface area (Å²) in [5, 5.41) is 7.66. The Kier molecular flexibility index (Phi) is 6.55. The third-order valence-electron chi connectivity index (χ3n) is 5.11. The van der Waals surface area contributed by atoms with E-state index < -0.39 is 10.0 Å². The van der Waals surface area contributed by atoms with Crippen LogP contribution in [0.2, 0.25) is 0 Å². The van der Waals surface area contributed by atoms with Crippen LogP contribution in [0.5, 0.6) is 0 Å². The molecule has 0 bridgehead atoms. The molecule has 2 N–H and O–H groups in total. The monoisotopic (exact) mass is 460 g/mol. The van der Waals surface area contributed by atoms with E-state index in [0.717, 1.165) is 22.5 Å². The van der Waals surface area contributed by atoms with Crippen molar-refractivity contribution in [1.29, 1.82) is 0 Å². The van der Waals surface area contributed by atoms with Crippen molar-refractivity contribution in [3.63, 3.8) is 0 Å². The third kappa shape index (κ3) is 5.30. The molecule has 0 radical (unpaired) electrons. The van der Waals surface area contributed by atoms with Crippen LogP contribution in [0.3, 0.4) is 0 Å². The number of carbonyl (C=O) groups is 1. The summed E-state index contributed by atoms with van der Waals surface area (Å²) in [7, 11) is -3.51. The summed E-state index contributed by atoms with van der Waals surface area (Å²) < 4.78 is 28.3. The first-order chi connectivity index (χ1) is 16.0. The lowest BCUT2D eigenvalue weighted by atomic mass is 10.1. The molecule has 1 aromatic heterocycles. The highest BCUT2D eigenvalue weighted by molar-refractivity contribution is 7.92. The quantitative estimate of drug-likeness (QED) is 0.412. The number of anilines is 1. The largest absolute Gasteiger partial charge is 0.348 e. The highest BCUT2D eigenvalue weighted by atomic mass is 32.2. The SMILES string of the molecule is CCS(=O)(=O)Nc1ccccc1C(=O)NCc1cn(-c2ccccc2)nc1-c1ccccc1. The first kappa shape index (κ1) is 22.3. The zero-order chi connectivity index (χ0) is 23.3. The van der Waals surface area contributed by atoms with Gasteiger partial charge in [-0.15, -0.1) is 0 Å². The molecule has 1 amide bonds. The molecule has 0 fully saturated rings. The van der Waals surface area contributed by atoms with Gasteiger partial charge in [-0.05, 0) is 31.2 Å². The van der Waals surface area contributed by atoms with Gasteiger partial charge in [0.05, 0.1) is 28.4 Å². The van der Waals surface area contributed by atoms with E-state index >= 15 is 0 Å². The van der Waals surface area contributed by atoms with E-state index in [1.807, 2.05) is 66.9 Å². The van der Waals surface area contributed by atoms with Crippen LogP contribution in [0.25, 0.3) is 16.9 Å². The Hall–Kier alpha value is -3.91. The van der Waals surface area contributed by atoms with Gasteiger partial charge in [0.1, 0.15) is 0 Å². The molecule has 0 saturated carbocycles. The molecule has 33 heavy (non-hydrogen) atoms. The lowest BCUT2D eigenvalue weighted by Gasteiger charge is -2.12. The van der Waals surface area contributed by atoms with Gasteiger partial charge in [-0.2, -0.15) is 5.10 Å². The normalized spacial score (nSPS) is 11.2. The van der Waals surface area contributed by atoms with E-state index in [9.17, 15) is 13.2 Å². The van der Waals surface area contributed by atoms with Gasteiger partial charge in [0.15, 0.2) is 0 Å². The Morgan fingerprint density at radius 3 is 2.24 bits per heavy atom. The van der Waals surface area contributed by atoms with Gasteiger partial charge in [0.25, 0.3) is 5.91 Å². The summed E-state index contributed by atoms with van der Waals surface area (Å²) in [4.78, 5) is 13.0. The Morgan fingerprint density at radius 2 is 1.55 bits per heavy atom. The summed E-state index contributed by atoms with van der Waals surface area (Å²) in [6, 6.07) is 26.0. The molecule has 3 aromatic carbocycles. The maximum atomic E-state index is 13.0. The second-order valence-electron chi connectivity index (χ2n) is 7.38. The van der Waals surface area contributed by atoms with E-state index in [-0.39, 0.29) is 29.5 Å². The van der Waals surface area contributed by atoms with Crippen molar-refractivity contribution in [1.82, 2.24) is 15.1 Å². The van der Waals surface area contributed by atoms with Crippen LogP contribution in [0.1, 0.15) is 22.8 Å². The van der Waals surface area contributed by atoms with Crippen molar-refractivity contribution < 1.29 is 13.2 Å². The summed E-state index contributed by atoms with van der Waals surface area (Å²) in [6.07, 6.45) is 1.89. The van der Waals surface area contributed by atoms with Gasteiger partial charge in [-0.3, -0.25) is 9.52 Å². The van der Waals surface area contributed by atoms with E-state index in [2.05, 4.69) is 10.0 Å². The number of benzene rings is 3. The molecule has 0 saturated heterocycles. The number of aromatic nitrogens is 2. The molecule has 8 heteroatoms. The first-order valence-corrected chi connectivity index (χ1v) is 12.2. The van der Waals surface area contributed by atoms with Gasteiger partial charge < -0.3 is 5.32 Å². The number of sulfonamides is 1. The van der Waals surface area contributed by atoms with E-state index in [1.54, 1.807) is 35.9 Å². The van der Waals surface area contributed by atoms with Crippen molar-refractivity contribution in [2.24, 2.45) is 0 Å². The highest BCUT2D eigenvalue weighted by Gasteiger charge is 2.17. The molecule has 4 rings (SSSR count). The predicted molar refractivity (Wildman–Crippen MR) is 130 cm³/mol. The highest BCUT2D eigenvalue weighted by Crippen LogP contribution is 2.24. The molecule has 0 aliphatic rings. The lowest BCUT2D eigenvalue weighted by Crippen LogP contribution is -2.25. The molecule has 7 nitrogen and oxygen atoms in total. The smallest absolute Gasteiger partial charge is 0.253 e. The molecule has 1 heterocycles. The van der Waals surface area contributed by atoms with E-state index in [4.69, 9.17) is 5.10 Å². The standard InChI is InChI=1S/C25H24N4O3S/c1-2-33(31,32)28-23-16-10-9-15-22(23)25(30)26-17-20-18-29(21-13-7-4-8-14-21)27-24(20)19-11-5-3-6-12-19/h3-16,18,28H,2,17H2,1H3,(H,26,30). The minimum atomic E-state index is -3.51. The number of hydrogen-bond donors (Lipinski definition) is 2. The lowest BCUT2D eigenvalue weighted by molar-refractivity contribution is 0.0952. The van der Waals surface area contributed by atoms with Crippen molar-refractivity contribution in [2.75, 3.05) is 10.5 Å². The maximum absolute atomic E-state index is 13.0. The second-order valence-corrected chi connectivity index (χ2v) is 9.39. The average Bonchev–Trinajstić information content (AvgIpc) is 3.28. The third-order valence-corrected chi connectivity index (χ3v) is 6.41. The number of amides is 1.